The molecule has 2 aliphatic rings. The molecule has 1 fully saturated rings. The van der Waals surface area contributed by atoms with Gasteiger partial charge < -0.3 is 18.8 Å². The Bertz CT molecular complexity index is 1730. The number of pyridine rings is 1. The summed E-state index contributed by atoms with van der Waals surface area (Å²) in [7, 11) is 0. The third-order valence-electron chi connectivity index (χ3n) is 7.49. The molecule has 1 amide bonds. The van der Waals surface area contributed by atoms with Crippen molar-refractivity contribution in [2.75, 3.05) is 6.61 Å². The van der Waals surface area contributed by atoms with E-state index < -0.39 is 24.1 Å². The number of rotatable bonds is 8. The highest BCUT2D eigenvalue weighted by molar-refractivity contribution is 5.98. The summed E-state index contributed by atoms with van der Waals surface area (Å²) in [5.74, 6) is -0.899. The summed E-state index contributed by atoms with van der Waals surface area (Å²) in [6.45, 7) is -0.596. The van der Waals surface area contributed by atoms with Crippen LogP contribution in [-0.4, -0.2) is 34.7 Å². The lowest BCUT2D eigenvalue weighted by Gasteiger charge is -2.19. The van der Waals surface area contributed by atoms with Gasteiger partial charge in [-0.1, -0.05) is 42.5 Å². The lowest BCUT2D eigenvalue weighted by molar-refractivity contribution is -0.0486. The Morgan fingerprint density at radius 2 is 1.74 bits per heavy atom. The SMILES string of the molecule is CCOC(=O)c1cn(C2CC2)c2c(OC(F)F)c(-c3ccc4c(c3)CN(C(=O)OCc3ccccc3)C4)ccc2c1=O. The highest BCUT2D eigenvalue weighted by atomic mass is 19.3. The number of nitrogens with zero attached hydrogens (tertiary/aromatic N) is 2. The molecule has 0 saturated heterocycles. The number of alkyl halides is 2. The quantitative estimate of drug-likeness (QED) is 0.225. The number of carbonyl (C=O) groups excluding carboxylic acids is 2. The summed E-state index contributed by atoms with van der Waals surface area (Å²) in [6, 6.07) is 17.9. The van der Waals surface area contributed by atoms with Gasteiger partial charge in [0.25, 0.3) is 0 Å². The van der Waals surface area contributed by atoms with Crippen LogP contribution in [0, 0.1) is 0 Å². The first kappa shape index (κ1) is 27.4. The van der Waals surface area contributed by atoms with Crippen LogP contribution in [-0.2, 0) is 29.2 Å². The Morgan fingerprint density at radius 3 is 2.45 bits per heavy atom. The topological polar surface area (TPSA) is 87.1 Å². The second-order valence-corrected chi connectivity index (χ2v) is 10.3. The van der Waals surface area contributed by atoms with Crippen molar-refractivity contribution in [3.63, 3.8) is 0 Å². The molecule has 4 aromatic rings. The molecular formula is C32H28F2N2O6. The molecule has 42 heavy (non-hydrogen) atoms. The largest absolute Gasteiger partial charge is 0.462 e. The molecule has 10 heteroatoms. The van der Waals surface area contributed by atoms with Gasteiger partial charge in [0.2, 0.25) is 5.43 Å². The number of ether oxygens (including phenoxy) is 3. The number of benzene rings is 3. The monoisotopic (exact) mass is 574 g/mol. The molecule has 0 bridgehead atoms. The van der Waals surface area contributed by atoms with Gasteiger partial charge in [-0.05, 0) is 60.2 Å². The van der Waals surface area contributed by atoms with E-state index in [1.807, 2.05) is 42.5 Å². The van der Waals surface area contributed by atoms with E-state index in [9.17, 15) is 23.2 Å². The van der Waals surface area contributed by atoms with E-state index in [1.54, 1.807) is 28.5 Å². The van der Waals surface area contributed by atoms with Gasteiger partial charge in [-0.3, -0.25) is 9.69 Å². The standard InChI is InChI=1S/C32H28F2N2O6/c1-2-40-30(38)26-17-36(23-10-11-23)27-25(28(26)37)13-12-24(29(27)42-31(33)34)20-8-9-21-15-35(16-22(21)14-20)32(39)41-18-19-6-4-3-5-7-19/h3-9,12-14,17,23,31H,2,10-11,15-16,18H2,1H3. The molecule has 1 aliphatic carbocycles. The predicted molar refractivity (Wildman–Crippen MR) is 150 cm³/mol. The van der Waals surface area contributed by atoms with Gasteiger partial charge >= 0.3 is 18.7 Å². The van der Waals surface area contributed by atoms with Gasteiger partial charge in [0, 0.05) is 30.9 Å². The molecule has 0 atom stereocenters. The summed E-state index contributed by atoms with van der Waals surface area (Å²) in [4.78, 5) is 40.2. The molecule has 3 aromatic carbocycles. The maximum Gasteiger partial charge on any atom is 0.410 e. The predicted octanol–water partition coefficient (Wildman–Crippen LogP) is 6.43. The van der Waals surface area contributed by atoms with Crippen molar-refractivity contribution < 1.29 is 32.6 Å². The summed E-state index contributed by atoms with van der Waals surface area (Å²) >= 11 is 0. The van der Waals surface area contributed by atoms with Crippen molar-refractivity contribution in [1.82, 2.24) is 9.47 Å². The highest BCUT2D eigenvalue weighted by Crippen LogP contribution is 2.43. The van der Waals surface area contributed by atoms with Crippen LogP contribution >= 0.6 is 0 Å². The molecular weight excluding hydrogens is 546 g/mol. The zero-order chi connectivity index (χ0) is 29.4. The van der Waals surface area contributed by atoms with Crippen LogP contribution in [0.25, 0.3) is 22.0 Å². The summed E-state index contributed by atoms with van der Waals surface area (Å²) in [6.07, 6.45) is 2.49. The van der Waals surface area contributed by atoms with Crippen molar-refractivity contribution in [3.8, 4) is 16.9 Å². The number of hydrogen-bond donors (Lipinski definition) is 0. The van der Waals surface area contributed by atoms with E-state index in [0.717, 1.165) is 29.5 Å². The first-order chi connectivity index (χ1) is 20.3. The molecule has 2 heterocycles. The number of esters is 1. The van der Waals surface area contributed by atoms with E-state index in [-0.39, 0.29) is 41.5 Å². The van der Waals surface area contributed by atoms with Crippen LogP contribution < -0.4 is 10.2 Å². The molecule has 0 spiro atoms. The van der Waals surface area contributed by atoms with Crippen LogP contribution in [0.4, 0.5) is 13.6 Å². The van der Waals surface area contributed by atoms with Gasteiger partial charge in [-0.15, -0.1) is 0 Å². The number of hydrogen-bond acceptors (Lipinski definition) is 6. The fraction of sp³-hybridized carbons (Fsp3) is 0.281. The zero-order valence-corrected chi connectivity index (χ0v) is 22.8. The summed E-state index contributed by atoms with van der Waals surface area (Å²) < 4.78 is 45.0. The lowest BCUT2D eigenvalue weighted by Crippen LogP contribution is -2.25. The summed E-state index contributed by atoms with van der Waals surface area (Å²) in [5.41, 5.74) is 3.06. The van der Waals surface area contributed by atoms with E-state index >= 15 is 0 Å². The minimum atomic E-state index is -3.15. The Morgan fingerprint density at radius 1 is 0.976 bits per heavy atom. The maximum atomic E-state index is 13.8. The minimum Gasteiger partial charge on any atom is -0.462 e. The van der Waals surface area contributed by atoms with Crippen LogP contribution in [0.3, 0.4) is 0 Å². The smallest absolute Gasteiger partial charge is 0.410 e. The highest BCUT2D eigenvalue weighted by Gasteiger charge is 2.31. The third-order valence-corrected chi connectivity index (χ3v) is 7.49. The second-order valence-electron chi connectivity index (χ2n) is 10.3. The van der Waals surface area contributed by atoms with Gasteiger partial charge in [0.1, 0.15) is 12.2 Å². The molecule has 0 unspecified atom stereocenters. The van der Waals surface area contributed by atoms with Crippen LogP contribution in [0.5, 0.6) is 5.75 Å². The molecule has 0 N–H and O–H groups in total. The molecule has 0 radical (unpaired) electrons. The average Bonchev–Trinajstić information content (AvgIpc) is 3.74. The third kappa shape index (κ3) is 5.32. The minimum absolute atomic E-state index is 0.0629. The lowest BCUT2D eigenvalue weighted by atomic mass is 9.97. The number of fused-ring (bicyclic) bond motifs is 2. The molecule has 1 aliphatic heterocycles. The molecule has 6 rings (SSSR count). The molecule has 8 nitrogen and oxygen atoms in total. The Labute approximate surface area is 240 Å². The van der Waals surface area contributed by atoms with Gasteiger partial charge in [0.15, 0.2) is 5.75 Å². The van der Waals surface area contributed by atoms with Crippen molar-refractivity contribution >= 4 is 23.0 Å². The fourth-order valence-corrected chi connectivity index (χ4v) is 5.35. The Kier molecular flexibility index (Phi) is 7.36. The second kappa shape index (κ2) is 11.3. The van der Waals surface area contributed by atoms with Crippen molar-refractivity contribution in [2.45, 2.75) is 52.1 Å². The van der Waals surface area contributed by atoms with Gasteiger partial charge in [-0.25, -0.2) is 9.59 Å². The number of aromatic nitrogens is 1. The van der Waals surface area contributed by atoms with E-state index in [2.05, 4.69) is 0 Å². The molecule has 1 saturated carbocycles. The zero-order valence-electron chi connectivity index (χ0n) is 22.8. The molecule has 1 aromatic heterocycles. The van der Waals surface area contributed by atoms with Crippen LogP contribution in [0.2, 0.25) is 0 Å². The first-order valence-electron chi connectivity index (χ1n) is 13.8. The number of amides is 1. The first-order valence-corrected chi connectivity index (χ1v) is 13.8. The number of halogens is 2. The van der Waals surface area contributed by atoms with Crippen LogP contribution in [0.1, 0.15) is 52.9 Å². The normalized spacial score (nSPS) is 14.2. The number of carbonyl (C=O) groups is 2. The van der Waals surface area contributed by atoms with E-state index in [0.29, 0.717) is 24.2 Å². The maximum absolute atomic E-state index is 13.8. The van der Waals surface area contributed by atoms with Crippen molar-refractivity contribution in [2.24, 2.45) is 0 Å². The van der Waals surface area contributed by atoms with Gasteiger partial charge in [0.05, 0.1) is 17.5 Å². The fourth-order valence-electron chi connectivity index (χ4n) is 5.35. The van der Waals surface area contributed by atoms with Crippen molar-refractivity contribution in [1.29, 1.82) is 0 Å². The van der Waals surface area contributed by atoms with Crippen molar-refractivity contribution in [3.05, 3.63) is 99.3 Å². The van der Waals surface area contributed by atoms with Gasteiger partial charge in [-0.2, -0.15) is 8.78 Å². The summed E-state index contributed by atoms with van der Waals surface area (Å²) in [5, 5.41) is 0.0975. The van der Waals surface area contributed by atoms with Crippen LogP contribution in [0.15, 0.2) is 71.7 Å². The van der Waals surface area contributed by atoms with E-state index in [1.165, 1.54) is 12.3 Å². The molecule has 216 valence electrons. The average molecular weight is 575 g/mol. The Balaban J connectivity index is 1.36. The van der Waals surface area contributed by atoms with E-state index in [4.69, 9.17) is 14.2 Å². The Hall–Kier alpha value is -4.73.